The van der Waals surface area contributed by atoms with Gasteiger partial charge in [0.25, 0.3) is 0 Å². The zero-order valence-electron chi connectivity index (χ0n) is 8.39. The molecule has 78 valence electrons. The second-order valence-electron chi connectivity index (χ2n) is 2.80. The van der Waals surface area contributed by atoms with Crippen molar-refractivity contribution in [1.29, 1.82) is 0 Å². The number of allylic oxidation sites excluding steroid dienone is 1. The molecule has 0 aromatic carbocycles. The van der Waals surface area contributed by atoms with Crippen molar-refractivity contribution in [2.75, 3.05) is 32.2 Å². The standard InChI is InChI=1S/C10H20ClNO/c1-2-9-13-10-5-8-12-7-4-3-6-11/h3-4,12H,2,5-10H2,1H3/b4-3+. The number of rotatable bonds is 9. The Hall–Kier alpha value is -0.0500. The molecule has 0 rings (SSSR count). The SMILES string of the molecule is CCCOCCCNC/C=C/CCl. The van der Waals surface area contributed by atoms with E-state index >= 15 is 0 Å². The van der Waals surface area contributed by atoms with E-state index in [1.165, 1.54) is 0 Å². The fraction of sp³-hybridized carbons (Fsp3) is 0.800. The van der Waals surface area contributed by atoms with E-state index < -0.39 is 0 Å². The van der Waals surface area contributed by atoms with Crippen LogP contribution in [0.15, 0.2) is 12.2 Å². The van der Waals surface area contributed by atoms with Gasteiger partial charge in [0.05, 0.1) is 0 Å². The van der Waals surface area contributed by atoms with Crippen molar-refractivity contribution in [3.8, 4) is 0 Å². The summed E-state index contributed by atoms with van der Waals surface area (Å²) in [6, 6.07) is 0. The zero-order valence-corrected chi connectivity index (χ0v) is 9.15. The van der Waals surface area contributed by atoms with E-state index in [2.05, 4.69) is 12.2 Å². The van der Waals surface area contributed by atoms with Crippen molar-refractivity contribution in [3.05, 3.63) is 12.2 Å². The molecule has 0 spiro atoms. The van der Waals surface area contributed by atoms with E-state index in [4.69, 9.17) is 16.3 Å². The lowest BCUT2D eigenvalue weighted by Gasteiger charge is -2.02. The van der Waals surface area contributed by atoms with Crippen LogP contribution in [0.25, 0.3) is 0 Å². The first-order chi connectivity index (χ1) is 6.41. The Balaban J connectivity index is 2.87. The normalized spacial score (nSPS) is 11.2. The van der Waals surface area contributed by atoms with Gasteiger partial charge in [0.2, 0.25) is 0 Å². The Kier molecular flexibility index (Phi) is 11.9. The molecule has 3 heteroatoms. The summed E-state index contributed by atoms with van der Waals surface area (Å²) in [6.07, 6.45) is 6.17. The van der Waals surface area contributed by atoms with Crippen molar-refractivity contribution in [2.24, 2.45) is 0 Å². The molecule has 0 aromatic heterocycles. The van der Waals surface area contributed by atoms with E-state index in [-0.39, 0.29) is 0 Å². The van der Waals surface area contributed by atoms with Crippen LogP contribution in [-0.2, 0) is 4.74 Å². The lowest BCUT2D eigenvalue weighted by Crippen LogP contribution is -2.16. The fourth-order valence-corrected chi connectivity index (χ4v) is 1.00. The fourth-order valence-electron chi connectivity index (χ4n) is 0.877. The van der Waals surface area contributed by atoms with Crippen molar-refractivity contribution in [2.45, 2.75) is 19.8 Å². The summed E-state index contributed by atoms with van der Waals surface area (Å²) in [4.78, 5) is 0. The predicted molar refractivity (Wildman–Crippen MR) is 58.5 cm³/mol. The van der Waals surface area contributed by atoms with E-state index in [0.717, 1.165) is 39.1 Å². The van der Waals surface area contributed by atoms with E-state index in [9.17, 15) is 0 Å². The highest BCUT2D eigenvalue weighted by Gasteiger charge is 1.86. The van der Waals surface area contributed by atoms with Crippen LogP contribution in [0.1, 0.15) is 19.8 Å². The van der Waals surface area contributed by atoms with Crippen LogP contribution in [0.4, 0.5) is 0 Å². The van der Waals surface area contributed by atoms with Crippen molar-refractivity contribution in [1.82, 2.24) is 5.32 Å². The first kappa shape index (κ1) is 12.9. The first-order valence-electron chi connectivity index (χ1n) is 4.91. The summed E-state index contributed by atoms with van der Waals surface area (Å²) in [7, 11) is 0. The molecule has 0 aromatic rings. The van der Waals surface area contributed by atoms with Gasteiger partial charge >= 0.3 is 0 Å². The second-order valence-corrected chi connectivity index (χ2v) is 3.10. The molecule has 0 saturated heterocycles. The smallest absolute Gasteiger partial charge is 0.0478 e. The third kappa shape index (κ3) is 12.0. The van der Waals surface area contributed by atoms with Gasteiger partial charge in [-0.2, -0.15) is 0 Å². The molecule has 0 saturated carbocycles. The molecule has 2 nitrogen and oxygen atoms in total. The molecular weight excluding hydrogens is 186 g/mol. The molecule has 0 amide bonds. The lowest BCUT2D eigenvalue weighted by molar-refractivity contribution is 0.132. The molecule has 0 aliphatic heterocycles. The number of alkyl halides is 1. The maximum Gasteiger partial charge on any atom is 0.0478 e. The minimum atomic E-state index is 0.599. The maximum atomic E-state index is 5.46. The number of halogens is 1. The summed E-state index contributed by atoms with van der Waals surface area (Å²) in [6.45, 7) is 5.78. The minimum absolute atomic E-state index is 0.599. The van der Waals surface area contributed by atoms with Crippen LogP contribution in [-0.4, -0.2) is 32.2 Å². The van der Waals surface area contributed by atoms with Crippen molar-refractivity contribution >= 4 is 11.6 Å². The van der Waals surface area contributed by atoms with Gasteiger partial charge in [-0.3, -0.25) is 0 Å². The molecule has 0 aliphatic rings. The van der Waals surface area contributed by atoms with Gasteiger partial charge in [-0.05, 0) is 19.4 Å². The highest BCUT2D eigenvalue weighted by molar-refractivity contribution is 6.18. The monoisotopic (exact) mass is 205 g/mol. The molecule has 0 fully saturated rings. The number of ether oxygens (including phenoxy) is 1. The summed E-state index contributed by atoms with van der Waals surface area (Å²) in [5.74, 6) is 0.599. The molecule has 0 atom stereocenters. The van der Waals surface area contributed by atoms with Crippen LogP contribution < -0.4 is 5.32 Å². The van der Waals surface area contributed by atoms with Crippen LogP contribution >= 0.6 is 11.6 Å². The zero-order chi connectivity index (χ0) is 9.78. The van der Waals surface area contributed by atoms with Crippen LogP contribution in [0.2, 0.25) is 0 Å². The van der Waals surface area contributed by atoms with E-state index in [0.29, 0.717) is 5.88 Å². The van der Waals surface area contributed by atoms with E-state index in [1.807, 2.05) is 12.2 Å². The van der Waals surface area contributed by atoms with Gasteiger partial charge in [0.1, 0.15) is 0 Å². The first-order valence-corrected chi connectivity index (χ1v) is 5.44. The molecule has 0 radical (unpaired) electrons. The van der Waals surface area contributed by atoms with Gasteiger partial charge in [-0.1, -0.05) is 19.1 Å². The highest BCUT2D eigenvalue weighted by atomic mass is 35.5. The second kappa shape index (κ2) is 11.9. The third-order valence-corrected chi connectivity index (χ3v) is 1.69. The molecule has 1 N–H and O–H groups in total. The van der Waals surface area contributed by atoms with Gasteiger partial charge in [-0.15, -0.1) is 11.6 Å². The maximum absolute atomic E-state index is 5.46. The number of hydrogen-bond acceptors (Lipinski definition) is 2. The Morgan fingerprint density at radius 1 is 1.31 bits per heavy atom. The van der Waals surface area contributed by atoms with Crippen LogP contribution in [0, 0.1) is 0 Å². The number of nitrogens with one attached hydrogen (secondary N) is 1. The Labute approximate surface area is 86.3 Å². The quantitative estimate of drug-likeness (QED) is 0.354. The average molecular weight is 206 g/mol. The predicted octanol–water partition coefficient (Wildman–Crippen LogP) is 2.19. The Morgan fingerprint density at radius 2 is 2.15 bits per heavy atom. The topological polar surface area (TPSA) is 21.3 Å². The average Bonchev–Trinajstić information content (AvgIpc) is 2.16. The number of hydrogen-bond donors (Lipinski definition) is 1. The van der Waals surface area contributed by atoms with Crippen molar-refractivity contribution < 1.29 is 4.74 Å². The highest BCUT2D eigenvalue weighted by Crippen LogP contribution is 1.84. The molecular formula is C10H20ClNO. The Morgan fingerprint density at radius 3 is 2.85 bits per heavy atom. The van der Waals surface area contributed by atoms with Crippen molar-refractivity contribution in [3.63, 3.8) is 0 Å². The lowest BCUT2D eigenvalue weighted by atomic mass is 10.4. The summed E-state index contributed by atoms with van der Waals surface area (Å²) in [5, 5.41) is 3.27. The molecule has 13 heavy (non-hydrogen) atoms. The van der Waals surface area contributed by atoms with E-state index in [1.54, 1.807) is 0 Å². The molecule has 0 heterocycles. The third-order valence-electron chi connectivity index (χ3n) is 1.51. The minimum Gasteiger partial charge on any atom is -0.381 e. The molecule has 0 aliphatic carbocycles. The van der Waals surface area contributed by atoms with Gasteiger partial charge in [0, 0.05) is 25.6 Å². The molecule has 0 unspecified atom stereocenters. The Bertz CT molecular complexity index is 117. The van der Waals surface area contributed by atoms with Gasteiger partial charge < -0.3 is 10.1 Å². The summed E-state index contributed by atoms with van der Waals surface area (Å²) < 4.78 is 5.33. The largest absolute Gasteiger partial charge is 0.381 e. The summed E-state index contributed by atoms with van der Waals surface area (Å²) >= 11 is 5.46. The summed E-state index contributed by atoms with van der Waals surface area (Å²) in [5.41, 5.74) is 0. The van der Waals surface area contributed by atoms with Gasteiger partial charge in [-0.25, -0.2) is 0 Å². The van der Waals surface area contributed by atoms with Gasteiger partial charge in [0.15, 0.2) is 0 Å². The van der Waals surface area contributed by atoms with Crippen LogP contribution in [0.5, 0.6) is 0 Å². The van der Waals surface area contributed by atoms with Crippen LogP contribution in [0.3, 0.4) is 0 Å². The molecule has 0 bridgehead atoms.